The minimum atomic E-state index is -0.345. The van der Waals surface area contributed by atoms with Crippen molar-refractivity contribution in [3.8, 4) is 5.75 Å². The Labute approximate surface area is 137 Å². The lowest BCUT2D eigenvalue weighted by Gasteiger charge is -2.18. The number of ether oxygens (including phenoxy) is 1. The number of amides is 2. The zero-order valence-corrected chi connectivity index (χ0v) is 14.4. The number of halogens is 1. The lowest BCUT2D eigenvalue weighted by Crippen LogP contribution is -2.34. The smallest absolute Gasteiger partial charge is 0.253 e. The van der Waals surface area contributed by atoms with Crippen molar-refractivity contribution in [1.29, 1.82) is 0 Å². The number of nitrogens with two attached hydrogens (primary N) is 1. The van der Waals surface area contributed by atoms with Crippen molar-refractivity contribution in [3.05, 3.63) is 23.8 Å². The highest BCUT2D eigenvalue weighted by Crippen LogP contribution is 2.26. The van der Waals surface area contributed by atoms with Crippen molar-refractivity contribution in [1.82, 2.24) is 4.90 Å². The van der Waals surface area contributed by atoms with E-state index in [1.54, 1.807) is 46.1 Å². The topological polar surface area (TPSA) is 84.7 Å². The summed E-state index contributed by atoms with van der Waals surface area (Å²) in [6.45, 7) is 3.52. The van der Waals surface area contributed by atoms with E-state index >= 15 is 0 Å². The number of benzene rings is 1. The quantitative estimate of drug-likeness (QED) is 0.861. The fourth-order valence-electron chi connectivity index (χ4n) is 1.68. The van der Waals surface area contributed by atoms with Crippen LogP contribution in [0.1, 0.15) is 24.2 Å². The molecule has 22 heavy (non-hydrogen) atoms. The van der Waals surface area contributed by atoms with E-state index < -0.39 is 0 Å². The van der Waals surface area contributed by atoms with E-state index in [-0.39, 0.29) is 36.2 Å². The lowest BCUT2D eigenvalue weighted by molar-refractivity contribution is -0.119. The molecule has 0 heterocycles. The highest BCUT2D eigenvalue weighted by atomic mass is 35.5. The third kappa shape index (κ3) is 4.89. The molecule has 0 aliphatic rings. The van der Waals surface area contributed by atoms with Crippen LogP contribution < -0.4 is 15.8 Å². The summed E-state index contributed by atoms with van der Waals surface area (Å²) in [5.41, 5.74) is 6.66. The molecule has 1 aromatic carbocycles. The molecular weight excluding hydrogens is 306 g/mol. The molecule has 6 nitrogen and oxygen atoms in total. The summed E-state index contributed by atoms with van der Waals surface area (Å²) in [5.74, 6) is -0.204. The van der Waals surface area contributed by atoms with Gasteiger partial charge in [0.2, 0.25) is 5.91 Å². The molecule has 0 bridgehead atoms. The van der Waals surface area contributed by atoms with E-state index in [4.69, 9.17) is 10.5 Å². The molecular formula is C15H24ClN3O3. The number of nitrogens with zero attached hydrogens (tertiary/aromatic N) is 1. The van der Waals surface area contributed by atoms with E-state index in [2.05, 4.69) is 5.32 Å². The van der Waals surface area contributed by atoms with Gasteiger partial charge in [-0.2, -0.15) is 0 Å². The normalized spacial score (nSPS) is 12.6. The van der Waals surface area contributed by atoms with Gasteiger partial charge in [0.1, 0.15) is 5.75 Å². The second-order valence-corrected chi connectivity index (χ2v) is 5.25. The number of hydrogen-bond acceptors (Lipinski definition) is 4. The van der Waals surface area contributed by atoms with E-state index in [9.17, 15) is 9.59 Å². The van der Waals surface area contributed by atoms with Gasteiger partial charge in [-0.15, -0.1) is 12.4 Å². The summed E-state index contributed by atoms with van der Waals surface area (Å²) < 4.78 is 5.21. The molecule has 0 fully saturated rings. The average molecular weight is 330 g/mol. The number of carbonyl (C=O) groups is 2. The Morgan fingerprint density at radius 1 is 1.27 bits per heavy atom. The van der Waals surface area contributed by atoms with Crippen LogP contribution in [0.4, 0.5) is 5.69 Å². The van der Waals surface area contributed by atoms with Gasteiger partial charge in [0.25, 0.3) is 5.91 Å². The maximum Gasteiger partial charge on any atom is 0.253 e. The van der Waals surface area contributed by atoms with Crippen LogP contribution >= 0.6 is 12.4 Å². The molecule has 3 N–H and O–H groups in total. The molecule has 2 amide bonds. The SMILES string of the molecule is COc1ccc(C(=O)N(C)C)cc1NC(=O)C(C)C(C)N.Cl. The minimum absolute atomic E-state index is 0. The van der Waals surface area contributed by atoms with Crippen LogP contribution in [0.25, 0.3) is 0 Å². The Morgan fingerprint density at radius 2 is 1.86 bits per heavy atom. The maximum absolute atomic E-state index is 12.1. The van der Waals surface area contributed by atoms with E-state index in [1.165, 1.54) is 12.0 Å². The van der Waals surface area contributed by atoms with Gasteiger partial charge < -0.3 is 20.7 Å². The van der Waals surface area contributed by atoms with Crippen LogP contribution in [0.3, 0.4) is 0 Å². The summed E-state index contributed by atoms with van der Waals surface area (Å²) in [7, 11) is 4.85. The second kappa shape index (κ2) is 8.60. The van der Waals surface area contributed by atoms with Gasteiger partial charge in [0, 0.05) is 25.7 Å². The molecule has 0 saturated heterocycles. The van der Waals surface area contributed by atoms with Crippen molar-refractivity contribution in [3.63, 3.8) is 0 Å². The monoisotopic (exact) mass is 329 g/mol. The Bertz CT molecular complexity index is 533. The first-order valence-electron chi connectivity index (χ1n) is 6.74. The first-order chi connectivity index (χ1) is 9.77. The fraction of sp³-hybridized carbons (Fsp3) is 0.467. The van der Waals surface area contributed by atoms with Gasteiger partial charge in [-0.25, -0.2) is 0 Å². The van der Waals surface area contributed by atoms with Crippen LogP contribution in [0.2, 0.25) is 0 Å². The Kier molecular flexibility index (Phi) is 7.90. The number of anilines is 1. The van der Waals surface area contributed by atoms with Crippen LogP contribution in [-0.2, 0) is 4.79 Å². The molecule has 0 aliphatic heterocycles. The number of rotatable bonds is 5. The fourth-order valence-corrected chi connectivity index (χ4v) is 1.68. The van der Waals surface area contributed by atoms with Gasteiger partial charge in [-0.3, -0.25) is 9.59 Å². The lowest BCUT2D eigenvalue weighted by atomic mass is 10.0. The van der Waals surface area contributed by atoms with Crippen molar-refractivity contribution < 1.29 is 14.3 Å². The Morgan fingerprint density at radius 3 is 2.32 bits per heavy atom. The van der Waals surface area contributed by atoms with Gasteiger partial charge >= 0.3 is 0 Å². The molecule has 2 atom stereocenters. The number of carbonyl (C=O) groups excluding carboxylic acids is 2. The van der Waals surface area contributed by atoms with Gasteiger partial charge in [-0.1, -0.05) is 6.92 Å². The van der Waals surface area contributed by atoms with Crippen LogP contribution in [0.15, 0.2) is 18.2 Å². The van der Waals surface area contributed by atoms with Crippen LogP contribution in [0.5, 0.6) is 5.75 Å². The van der Waals surface area contributed by atoms with Crippen LogP contribution in [-0.4, -0.2) is 44.0 Å². The molecule has 7 heteroatoms. The van der Waals surface area contributed by atoms with Crippen molar-refractivity contribution in [2.45, 2.75) is 19.9 Å². The van der Waals surface area contributed by atoms with Crippen molar-refractivity contribution >= 4 is 29.9 Å². The molecule has 0 aromatic heterocycles. The molecule has 0 radical (unpaired) electrons. The summed E-state index contributed by atoms with van der Waals surface area (Å²) in [6.07, 6.45) is 0. The largest absolute Gasteiger partial charge is 0.495 e. The maximum atomic E-state index is 12.1. The van der Waals surface area contributed by atoms with Crippen molar-refractivity contribution in [2.24, 2.45) is 11.7 Å². The minimum Gasteiger partial charge on any atom is -0.495 e. The molecule has 2 unspecified atom stereocenters. The predicted molar refractivity (Wildman–Crippen MR) is 89.7 cm³/mol. The van der Waals surface area contributed by atoms with Crippen molar-refractivity contribution in [2.75, 3.05) is 26.5 Å². The third-order valence-corrected chi connectivity index (χ3v) is 3.31. The molecule has 124 valence electrons. The number of hydrogen-bond donors (Lipinski definition) is 2. The predicted octanol–water partition coefficient (Wildman–Crippen LogP) is 1.74. The van der Waals surface area contributed by atoms with Gasteiger partial charge in [0.05, 0.1) is 18.7 Å². The number of methoxy groups -OCH3 is 1. The summed E-state index contributed by atoms with van der Waals surface area (Å²) >= 11 is 0. The van der Waals surface area contributed by atoms with E-state index in [0.717, 1.165) is 0 Å². The highest BCUT2D eigenvalue weighted by Gasteiger charge is 2.19. The summed E-state index contributed by atoms with van der Waals surface area (Å²) in [6, 6.07) is 4.66. The molecule has 1 rings (SSSR count). The van der Waals surface area contributed by atoms with Crippen LogP contribution in [0, 0.1) is 5.92 Å². The zero-order valence-electron chi connectivity index (χ0n) is 13.5. The molecule has 1 aromatic rings. The molecule has 0 saturated carbocycles. The highest BCUT2D eigenvalue weighted by molar-refractivity contribution is 5.98. The average Bonchev–Trinajstić information content (AvgIpc) is 2.45. The van der Waals surface area contributed by atoms with E-state index in [0.29, 0.717) is 17.0 Å². The third-order valence-electron chi connectivity index (χ3n) is 3.31. The first kappa shape index (κ1) is 20.2. The second-order valence-electron chi connectivity index (χ2n) is 5.25. The summed E-state index contributed by atoms with van der Waals surface area (Å²) in [5, 5.41) is 2.76. The summed E-state index contributed by atoms with van der Waals surface area (Å²) in [4.78, 5) is 25.5. The standard InChI is InChI=1S/C15H23N3O3.ClH/c1-9(10(2)16)14(19)17-12-8-11(15(20)18(3)4)6-7-13(12)21-5;/h6-10H,16H2,1-5H3,(H,17,19);1H. The molecule has 0 aliphatic carbocycles. The van der Waals surface area contributed by atoms with E-state index in [1.807, 2.05) is 0 Å². The van der Waals surface area contributed by atoms with Gasteiger partial charge in [0.15, 0.2) is 0 Å². The zero-order chi connectivity index (χ0) is 16.2. The molecule has 0 spiro atoms. The first-order valence-corrected chi connectivity index (χ1v) is 6.74. The number of nitrogens with one attached hydrogen (secondary N) is 1. The Balaban J connectivity index is 0.00000441. The Hall–Kier alpha value is -1.79. The van der Waals surface area contributed by atoms with Gasteiger partial charge in [-0.05, 0) is 25.1 Å².